The highest BCUT2D eigenvalue weighted by Crippen LogP contribution is 2.19. The molecule has 0 aliphatic carbocycles. The van der Waals surface area contributed by atoms with Crippen molar-refractivity contribution < 1.29 is 19.1 Å². The van der Waals surface area contributed by atoms with Crippen LogP contribution in [0, 0.1) is 5.92 Å². The predicted octanol–water partition coefficient (Wildman–Crippen LogP) is 2.38. The molecule has 2 rings (SSSR count). The van der Waals surface area contributed by atoms with Crippen LogP contribution in [0.5, 0.6) is 5.75 Å². The maximum absolute atomic E-state index is 12.0. The Balaban J connectivity index is 0.00000288. The summed E-state index contributed by atoms with van der Waals surface area (Å²) in [4.78, 5) is 23.3. The summed E-state index contributed by atoms with van der Waals surface area (Å²) in [6, 6.07) is 7.01. The average molecular weight is 357 g/mol. The number of halogens is 1. The van der Waals surface area contributed by atoms with Crippen LogP contribution in [0.2, 0.25) is 0 Å². The second-order valence-electron chi connectivity index (χ2n) is 5.57. The second-order valence-corrected chi connectivity index (χ2v) is 5.57. The maximum Gasteiger partial charge on any atom is 0.344 e. The van der Waals surface area contributed by atoms with Crippen molar-refractivity contribution in [3.8, 4) is 5.75 Å². The van der Waals surface area contributed by atoms with Gasteiger partial charge in [-0.1, -0.05) is 6.07 Å². The monoisotopic (exact) mass is 356 g/mol. The molecular weight excluding hydrogens is 332 g/mol. The van der Waals surface area contributed by atoms with Gasteiger partial charge in [-0.3, -0.25) is 4.79 Å². The van der Waals surface area contributed by atoms with Gasteiger partial charge in [0, 0.05) is 18.2 Å². The van der Waals surface area contributed by atoms with Crippen molar-refractivity contribution in [1.29, 1.82) is 0 Å². The smallest absolute Gasteiger partial charge is 0.344 e. The van der Waals surface area contributed by atoms with Crippen molar-refractivity contribution in [2.75, 3.05) is 31.6 Å². The first kappa shape index (κ1) is 20.3. The van der Waals surface area contributed by atoms with Gasteiger partial charge in [0.2, 0.25) is 5.91 Å². The van der Waals surface area contributed by atoms with Crippen molar-refractivity contribution >= 4 is 30.0 Å². The maximum atomic E-state index is 12.0. The Labute approximate surface area is 148 Å². The molecule has 0 aromatic heterocycles. The summed E-state index contributed by atoms with van der Waals surface area (Å²) in [5.74, 6) is 0.711. The number of carbonyl (C=O) groups is 2. The summed E-state index contributed by atoms with van der Waals surface area (Å²) >= 11 is 0. The van der Waals surface area contributed by atoms with E-state index in [2.05, 4.69) is 10.6 Å². The Morgan fingerprint density at radius 2 is 2.21 bits per heavy atom. The number of rotatable bonds is 8. The van der Waals surface area contributed by atoms with E-state index >= 15 is 0 Å². The van der Waals surface area contributed by atoms with Crippen molar-refractivity contribution in [3.63, 3.8) is 0 Å². The van der Waals surface area contributed by atoms with Gasteiger partial charge in [0.1, 0.15) is 5.75 Å². The van der Waals surface area contributed by atoms with E-state index < -0.39 is 5.97 Å². The largest absolute Gasteiger partial charge is 0.482 e. The van der Waals surface area contributed by atoms with Crippen LogP contribution in [0.1, 0.15) is 26.2 Å². The molecule has 0 radical (unpaired) electrons. The van der Waals surface area contributed by atoms with Gasteiger partial charge in [-0.25, -0.2) is 4.79 Å². The van der Waals surface area contributed by atoms with Crippen LogP contribution in [-0.4, -0.2) is 38.2 Å². The van der Waals surface area contributed by atoms with Crippen LogP contribution in [0.15, 0.2) is 24.3 Å². The Kier molecular flexibility index (Phi) is 9.19. The summed E-state index contributed by atoms with van der Waals surface area (Å²) < 4.78 is 10.1. The standard InChI is InChI=1S/C17H24N2O4.ClH/c1-2-22-17(21)12-23-15-5-3-4-14(10-15)19-16(20)7-6-13-8-9-18-11-13;/h3-5,10,13,18H,2,6-9,11-12H2,1H3,(H,19,20);1H. The van der Waals surface area contributed by atoms with Crippen molar-refractivity contribution in [3.05, 3.63) is 24.3 Å². The number of ether oxygens (including phenoxy) is 2. The number of hydrogen-bond acceptors (Lipinski definition) is 5. The van der Waals surface area contributed by atoms with Crippen LogP contribution in [-0.2, 0) is 14.3 Å². The molecule has 1 heterocycles. The van der Waals surface area contributed by atoms with Crippen LogP contribution in [0.4, 0.5) is 5.69 Å². The van der Waals surface area contributed by atoms with E-state index in [4.69, 9.17) is 9.47 Å². The third-order valence-corrected chi connectivity index (χ3v) is 3.72. The molecule has 24 heavy (non-hydrogen) atoms. The van der Waals surface area contributed by atoms with Crippen molar-refractivity contribution in [2.45, 2.75) is 26.2 Å². The number of esters is 1. The minimum absolute atomic E-state index is 0. The predicted molar refractivity (Wildman–Crippen MR) is 94.7 cm³/mol. The molecule has 1 unspecified atom stereocenters. The zero-order chi connectivity index (χ0) is 16.5. The summed E-state index contributed by atoms with van der Waals surface area (Å²) in [6.45, 7) is 3.99. The average Bonchev–Trinajstić information content (AvgIpc) is 3.05. The lowest BCUT2D eigenvalue weighted by Crippen LogP contribution is -2.16. The number of hydrogen-bond donors (Lipinski definition) is 2. The van der Waals surface area contributed by atoms with Gasteiger partial charge in [-0.15, -0.1) is 12.4 Å². The molecule has 1 atom stereocenters. The summed E-state index contributed by atoms with van der Waals surface area (Å²) in [5, 5.41) is 6.16. The minimum atomic E-state index is -0.410. The van der Waals surface area contributed by atoms with Crippen LogP contribution >= 0.6 is 12.4 Å². The molecule has 1 fully saturated rings. The van der Waals surface area contributed by atoms with E-state index in [9.17, 15) is 9.59 Å². The van der Waals surface area contributed by atoms with E-state index in [0.717, 1.165) is 25.9 Å². The molecule has 1 saturated heterocycles. The number of nitrogens with one attached hydrogen (secondary N) is 2. The van der Waals surface area contributed by atoms with Crippen LogP contribution in [0.3, 0.4) is 0 Å². The molecule has 2 N–H and O–H groups in total. The normalized spacial score (nSPS) is 16.1. The third kappa shape index (κ3) is 7.19. The molecule has 1 aromatic carbocycles. The fourth-order valence-corrected chi connectivity index (χ4v) is 2.53. The van der Waals surface area contributed by atoms with Gasteiger partial charge < -0.3 is 20.1 Å². The van der Waals surface area contributed by atoms with Gasteiger partial charge in [0.05, 0.1) is 6.61 Å². The minimum Gasteiger partial charge on any atom is -0.482 e. The van der Waals surface area contributed by atoms with Crippen molar-refractivity contribution in [1.82, 2.24) is 5.32 Å². The highest BCUT2D eigenvalue weighted by atomic mass is 35.5. The van der Waals surface area contributed by atoms with Gasteiger partial charge in [-0.05, 0) is 50.9 Å². The second kappa shape index (κ2) is 10.9. The van der Waals surface area contributed by atoms with Crippen molar-refractivity contribution in [2.24, 2.45) is 5.92 Å². The fourth-order valence-electron chi connectivity index (χ4n) is 2.53. The first-order valence-electron chi connectivity index (χ1n) is 8.06. The molecule has 7 heteroatoms. The summed E-state index contributed by atoms with van der Waals surface area (Å²) in [6.07, 6.45) is 2.56. The van der Waals surface area contributed by atoms with Gasteiger partial charge in [0.25, 0.3) is 0 Å². The molecule has 0 saturated carbocycles. The highest BCUT2D eigenvalue weighted by molar-refractivity contribution is 5.90. The number of amides is 1. The number of anilines is 1. The number of carbonyl (C=O) groups excluding carboxylic acids is 2. The first-order valence-corrected chi connectivity index (χ1v) is 8.06. The number of benzene rings is 1. The molecule has 0 spiro atoms. The van der Waals surface area contributed by atoms with Gasteiger partial charge in [-0.2, -0.15) is 0 Å². The van der Waals surface area contributed by atoms with Crippen LogP contribution in [0.25, 0.3) is 0 Å². The van der Waals surface area contributed by atoms with Gasteiger partial charge in [0.15, 0.2) is 6.61 Å². The molecule has 1 aromatic rings. The Morgan fingerprint density at radius 1 is 1.38 bits per heavy atom. The van der Waals surface area contributed by atoms with E-state index in [0.29, 0.717) is 30.4 Å². The molecular formula is C17H25ClN2O4. The molecule has 1 aliphatic heterocycles. The van der Waals surface area contributed by atoms with E-state index in [1.165, 1.54) is 0 Å². The first-order chi connectivity index (χ1) is 11.2. The quantitative estimate of drug-likeness (QED) is 0.699. The zero-order valence-electron chi connectivity index (χ0n) is 13.9. The molecule has 134 valence electrons. The lowest BCUT2D eigenvalue weighted by Gasteiger charge is -2.10. The zero-order valence-corrected chi connectivity index (χ0v) is 14.7. The lowest BCUT2D eigenvalue weighted by atomic mass is 10.0. The lowest BCUT2D eigenvalue weighted by molar-refractivity contribution is -0.145. The SMILES string of the molecule is CCOC(=O)COc1cccc(NC(=O)CCC2CCNC2)c1.Cl. The fraction of sp³-hybridized carbons (Fsp3) is 0.529. The molecule has 1 aliphatic rings. The molecule has 1 amide bonds. The Hall–Kier alpha value is -1.79. The van der Waals surface area contributed by atoms with E-state index in [1.54, 1.807) is 31.2 Å². The highest BCUT2D eigenvalue weighted by Gasteiger charge is 2.15. The third-order valence-electron chi connectivity index (χ3n) is 3.72. The molecule has 6 nitrogen and oxygen atoms in total. The van der Waals surface area contributed by atoms with Crippen LogP contribution < -0.4 is 15.4 Å². The van der Waals surface area contributed by atoms with Gasteiger partial charge >= 0.3 is 5.97 Å². The summed E-state index contributed by atoms with van der Waals surface area (Å²) in [5.41, 5.74) is 0.668. The topological polar surface area (TPSA) is 76.7 Å². The summed E-state index contributed by atoms with van der Waals surface area (Å²) in [7, 11) is 0. The van der Waals surface area contributed by atoms with E-state index in [-0.39, 0.29) is 24.9 Å². The Bertz CT molecular complexity index is 533. The van der Waals surface area contributed by atoms with E-state index in [1.807, 2.05) is 0 Å². The molecule has 0 bridgehead atoms. The Morgan fingerprint density at radius 3 is 2.92 bits per heavy atom.